The lowest BCUT2D eigenvalue weighted by atomic mass is 9.84. The molecule has 0 amide bonds. The molecule has 0 radical (unpaired) electrons. The van der Waals surface area contributed by atoms with Crippen molar-refractivity contribution in [3.63, 3.8) is 0 Å². The second-order valence-electron chi connectivity index (χ2n) is 12.1. The minimum absolute atomic E-state index is 0.0859. The molecule has 0 bridgehead atoms. The Morgan fingerprint density at radius 1 is 1.17 bits per heavy atom. The number of anilines is 2. The molecule has 0 saturated heterocycles. The van der Waals surface area contributed by atoms with Crippen LogP contribution in [0.15, 0.2) is 30.6 Å². The minimum atomic E-state index is -3.03. The highest BCUT2D eigenvalue weighted by molar-refractivity contribution is 7.90. The summed E-state index contributed by atoms with van der Waals surface area (Å²) in [6.07, 6.45) is 5.80. The Hall–Kier alpha value is -3.35. The number of methoxy groups -OCH3 is 1. The van der Waals surface area contributed by atoms with E-state index in [1.807, 2.05) is 33.8 Å². The Morgan fingerprint density at radius 2 is 1.90 bits per heavy atom. The van der Waals surface area contributed by atoms with Gasteiger partial charge in [0, 0.05) is 37.2 Å². The third-order valence-corrected chi connectivity index (χ3v) is 9.09. The topological polar surface area (TPSA) is 156 Å². The van der Waals surface area contributed by atoms with Gasteiger partial charge in [0.1, 0.15) is 33.2 Å². The van der Waals surface area contributed by atoms with Gasteiger partial charge in [0.05, 0.1) is 34.5 Å². The Kier molecular flexibility index (Phi) is 7.46. The molecule has 1 aliphatic carbocycles. The minimum Gasteiger partial charge on any atom is -0.474 e. The van der Waals surface area contributed by atoms with Gasteiger partial charge in [0.2, 0.25) is 5.88 Å². The van der Waals surface area contributed by atoms with Crippen LogP contribution >= 0.6 is 0 Å². The number of nitrogens with one attached hydrogen (secondary N) is 1. The average Bonchev–Trinajstić information content (AvgIpc) is 2.85. The lowest BCUT2D eigenvalue weighted by molar-refractivity contribution is -0.0189. The second-order valence-corrected chi connectivity index (χ2v) is 14.3. The summed E-state index contributed by atoms with van der Waals surface area (Å²) in [7, 11) is -1.44. The van der Waals surface area contributed by atoms with Gasteiger partial charge in [0.15, 0.2) is 0 Å². The van der Waals surface area contributed by atoms with Crippen molar-refractivity contribution < 1.29 is 27.4 Å². The van der Waals surface area contributed by atoms with Crippen LogP contribution in [-0.4, -0.2) is 66.8 Å². The van der Waals surface area contributed by atoms with Gasteiger partial charge in [0.25, 0.3) is 0 Å². The summed E-state index contributed by atoms with van der Waals surface area (Å²) in [5.74, 6) is 1.24. The summed E-state index contributed by atoms with van der Waals surface area (Å²) >= 11 is 0. The monoisotopic (exact) mass is 583 g/mol. The van der Waals surface area contributed by atoms with Crippen LogP contribution in [-0.2, 0) is 24.8 Å². The van der Waals surface area contributed by atoms with E-state index in [2.05, 4.69) is 15.3 Å². The molecule has 2 aliphatic rings. The Bertz CT molecular complexity index is 1600. The molecule has 3 aromatic rings. The molecule has 0 aromatic carbocycles. The highest BCUT2D eigenvalue weighted by Crippen LogP contribution is 2.39. The van der Waals surface area contributed by atoms with E-state index in [9.17, 15) is 13.2 Å². The molecule has 0 unspecified atom stereocenters. The number of cyclic esters (lactones) is 1. The van der Waals surface area contributed by atoms with Crippen LogP contribution in [0.2, 0.25) is 0 Å². The van der Waals surface area contributed by atoms with Crippen LogP contribution in [0.25, 0.3) is 10.8 Å². The molecule has 3 aromatic heterocycles. The number of rotatable bonds is 9. The van der Waals surface area contributed by atoms with E-state index in [-0.39, 0.29) is 36.3 Å². The lowest BCUT2D eigenvalue weighted by Crippen LogP contribution is -2.39. The molecule has 11 nitrogen and oxygen atoms in total. The van der Waals surface area contributed by atoms with E-state index < -0.39 is 21.0 Å². The number of esters is 1. The summed E-state index contributed by atoms with van der Waals surface area (Å²) in [6, 6.07) is 5.31. The number of sulfone groups is 1. The molecule has 1 saturated carbocycles. The predicted octanol–water partition coefficient (Wildman–Crippen LogP) is 3.84. The zero-order chi connectivity index (χ0) is 29.7. The largest absolute Gasteiger partial charge is 0.474 e. The fourth-order valence-corrected chi connectivity index (χ4v) is 6.62. The quantitative estimate of drug-likeness (QED) is 0.353. The maximum atomic E-state index is 12.5. The first kappa shape index (κ1) is 29.2. The first-order chi connectivity index (χ1) is 19.2. The van der Waals surface area contributed by atoms with Crippen LogP contribution < -0.4 is 15.8 Å². The first-order valence-electron chi connectivity index (χ1n) is 13.6. The SMILES string of the molecule is COC[C@@](C)(N)c1cnc(OC2CC(CS(C)(=O)=O)C2)c2cnc(Nc3ccc4c(n3)[C@@H](C)C(C)(C)OC4=O)cc12. The third kappa shape index (κ3) is 6.00. The molecule has 3 N–H and O–H groups in total. The Morgan fingerprint density at radius 3 is 2.59 bits per heavy atom. The molecule has 2 atom stereocenters. The molecule has 0 spiro atoms. The van der Waals surface area contributed by atoms with Gasteiger partial charge in [-0.3, -0.25) is 0 Å². The number of carbonyl (C=O) groups excluding carboxylic acids is 1. The summed E-state index contributed by atoms with van der Waals surface area (Å²) in [4.78, 5) is 26.4. The van der Waals surface area contributed by atoms with Crippen molar-refractivity contribution in [1.82, 2.24) is 15.0 Å². The van der Waals surface area contributed by atoms with Gasteiger partial charge >= 0.3 is 5.97 Å². The summed E-state index contributed by atoms with van der Waals surface area (Å²) < 4.78 is 40.4. The van der Waals surface area contributed by atoms with Crippen molar-refractivity contribution >= 4 is 38.2 Å². The van der Waals surface area contributed by atoms with E-state index in [0.29, 0.717) is 47.0 Å². The number of nitrogens with two attached hydrogens (primary N) is 1. The fourth-order valence-electron chi connectivity index (χ4n) is 5.49. The van der Waals surface area contributed by atoms with Crippen molar-refractivity contribution in [2.45, 2.75) is 63.7 Å². The van der Waals surface area contributed by atoms with Crippen LogP contribution in [0.5, 0.6) is 5.88 Å². The Balaban J connectivity index is 1.46. The van der Waals surface area contributed by atoms with Gasteiger partial charge in [-0.1, -0.05) is 6.92 Å². The second kappa shape index (κ2) is 10.5. The predicted molar refractivity (Wildman–Crippen MR) is 155 cm³/mol. The number of hydrogen-bond donors (Lipinski definition) is 2. The van der Waals surface area contributed by atoms with Crippen LogP contribution in [0.4, 0.5) is 11.6 Å². The van der Waals surface area contributed by atoms with Crippen LogP contribution in [0.3, 0.4) is 0 Å². The number of nitrogens with zero attached hydrogens (tertiary/aromatic N) is 3. The third-order valence-electron chi connectivity index (χ3n) is 8.01. The highest BCUT2D eigenvalue weighted by atomic mass is 32.2. The molecule has 12 heteroatoms. The standard InChI is InChI=1S/C29H37N5O6S/c1-16-25-19(27(35)40-28(16,2)3)7-8-23(34-25)33-24-11-20-21(12-31-24)26(32-13-22(20)29(4,30)15-38-5)39-18-9-17(10-18)14-41(6,36)37/h7-8,11-13,16-18H,9-10,14-15,30H2,1-6H3,(H,31,33,34)/t16-,17?,18?,29-/m1/s1. The molecule has 4 heterocycles. The molecule has 220 valence electrons. The Labute approximate surface area is 240 Å². The molecular formula is C29H37N5O6S. The number of ether oxygens (including phenoxy) is 3. The van der Waals surface area contributed by atoms with Gasteiger partial charge in [-0.2, -0.15) is 0 Å². The number of hydrogen-bond acceptors (Lipinski definition) is 11. The number of aromatic nitrogens is 3. The maximum absolute atomic E-state index is 12.5. The van der Waals surface area contributed by atoms with Crippen molar-refractivity contribution in [3.05, 3.63) is 47.4 Å². The fraction of sp³-hybridized carbons (Fsp3) is 0.517. The van der Waals surface area contributed by atoms with E-state index in [4.69, 9.17) is 24.9 Å². The molecule has 41 heavy (non-hydrogen) atoms. The van der Waals surface area contributed by atoms with E-state index in [1.54, 1.807) is 31.6 Å². The van der Waals surface area contributed by atoms with E-state index >= 15 is 0 Å². The molecular weight excluding hydrogens is 546 g/mol. The van der Waals surface area contributed by atoms with E-state index in [1.165, 1.54) is 6.26 Å². The van der Waals surface area contributed by atoms with Crippen molar-refractivity contribution in [2.24, 2.45) is 11.7 Å². The van der Waals surface area contributed by atoms with Gasteiger partial charge in [-0.25, -0.2) is 28.2 Å². The smallest absolute Gasteiger partial charge is 0.340 e. The van der Waals surface area contributed by atoms with Crippen molar-refractivity contribution in [3.8, 4) is 5.88 Å². The van der Waals surface area contributed by atoms with Crippen molar-refractivity contribution in [2.75, 3.05) is 31.0 Å². The highest BCUT2D eigenvalue weighted by Gasteiger charge is 2.40. The lowest BCUT2D eigenvalue weighted by Gasteiger charge is -2.36. The van der Waals surface area contributed by atoms with Crippen LogP contribution in [0.1, 0.15) is 68.1 Å². The van der Waals surface area contributed by atoms with Crippen LogP contribution in [0, 0.1) is 5.92 Å². The van der Waals surface area contributed by atoms with E-state index in [0.717, 1.165) is 10.9 Å². The van der Waals surface area contributed by atoms with Gasteiger partial charge < -0.3 is 25.3 Å². The van der Waals surface area contributed by atoms with Gasteiger partial charge in [-0.15, -0.1) is 0 Å². The molecule has 1 aliphatic heterocycles. The summed E-state index contributed by atoms with van der Waals surface area (Å²) in [5.41, 5.74) is 7.01. The number of carbonyl (C=O) groups is 1. The summed E-state index contributed by atoms with van der Waals surface area (Å²) in [6.45, 7) is 7.87. The van der Waals surface area contributed by atoms with Crippen molar-refractivity contribution in [1.29, 1.82) is 0 Å². The zero-order valence-electron chi connectivity index (χ0n) is 24.2. The normalized spacial score (nSPS) is 23.2. The summed E-state index contributed by atoms with van der Waals surface area (Å²) in [5, 5.41) is 4.74. The number of fused-ring (bicyclic) bond motifs is 2. The maximum Gasteiger partial charge on any atom is 0.340 e. The average molecular weight is 584 g/mol. The molecule has 1 fully saturated rings. The first-order valence-corrected chi connectivity index (χ1v) is 15.7. The zero-order valence-corrected chi connectivity index (χ0v) is 25.0. The number of pyridine rings is 3. The van der Waals surface area contributed by atoms with Gasteiger partial charge in [-0.05, 0) is 63.1 Å². The molecule has 5 rings (SSSR count).